The quantitative estimate of drug-likeness (QED) is 0.228. The van der Waals surface area contributed by atoms with Crippen LogP contribution in [0.1, 0.15) is 49.7 Å². The van der Waals surface area contributed by atoms with Crippen molar-refractivity contribution in [1.29, 1.82) is 0 Å². The lowest BCUT2D eigenvalue weighted by Crippen LogP contribution is -2.10. The SMILES string of the molecule is CC[C@@H](C(=O)O)c1ccc2c(c1)c1ccccc1n2C.CC[C@H](C(=O)O)c1ccc2c(c1)c1ccccc1n2C. The van der Waals surface area contributed by atoms with Crippen LogP contribution in [0.25, 0.3) is 43.6 Å². The summed E-state index contributed by atoms with van der Waals surface area (Å²) in [5.41, 5.74) is 6.36. The topological polar surface area (TPSA) is 84.5 Å². The molecule has 2 N–H and O–H groups in total. The molecule has 6 rings (SSSR count). The molecule has 4 aromatic carbocycles. The van der Waals surface area contributed by atoms with Crippen molar-refractivity contribution in [3.8, 4) is 0 Å². The van der Waals surface area contributed by atoms with Gasteiger partial charge in [0, 0.05) is 57.7 Å². The largest absolute Gasteiger partial charge is 0.481 e. The van der Waals surface area contributed by atoms with E-state index in [2.05, 4.69) is 33.4 Å². The Labute approximate surface area is 233 Å². The first-order valence-corrected chi connectivity index (χ1v) is 13.7. The van der Waals surface area contributed by atoms with Crippen LogP contribution >= 0.6 is 0 Å². The molecule has 6 heteroatoms. The predicted molar refractivity (Wildman–Crippen MR) is 162 cm³/mol. The number of para-hydroxylation sites is 2. The van der Waals surface area contributed by atoms with Crippen LogP contribution in [-0.4, -0.2) is 31.3 Å². The maximum absolute atomic E-state index is 11.3. The van der Waals surface area contributed by atoms with E-state index in [-0.39, 0.29) is 0 Å². The van der Waals surface area contributed by atoms with Crippen molar-refractivity contribution in [1.82, 2.24) is 9.13 Å². The highest BCUT2D eigenvalue weighted by molar-refractivity contribution is 6.09. The summed E-state index contributed by atoms with van der Waals surface area (Å²) in [6.45, 7) is 3.82. The van der Waals surface area contributed by atoms with Gasteiger partial charge in [-0.3, -0.25) is 9.59 Å². The number of aromatic nitrogens is 2. The zero-order valence-corrected chi connectivity index (χ0v) is 23.3. The molecule has 40 heavy (non-hydrogen) atoms. The highest BCUT2D eigenvalue weighted by atomic mass is 16.4. The van der Waals surface area contributed by atoms with E-state index < -0.39 is 23.8 Å². The summed E-state index contributed by atoms with van der Waals surface area (Å²) >= 11 is 0. The van der Waals surface area contributed by atoms with Crippen LogP contribution in [-0.2, 0) is 23.7 Å². The summed E-state index contributed by atoms with van der Waals surface area (Å²) in [5.74, 6) is -2.38. The molecule has 0 spiro atoms. The van der Waals surface area contributed by atoms with E-state index in [9.17, 15) is 19.8 Å². The minimum Gasteiger partial charge on any atom is -0.481 e. The molecule has 0 bridgehead atoms. The van der Waals surface area contributed by atoms with Gasteiger partial charge in [0.25, 0.3) is 0 Å². The molecule has 0 saturated heterocycles. The third-order valence-electron chi connectivity index (χ3n) is 8.09. The van der Waals surface area contributed by atoms with Crippen molar-refractivity contribution in [2.75, 3.05) is 0 Å². The standard InChI is InChI=1S/2C17H17NO2/c2*1-3-12(17(19)20)11-8-9-16-14(10-11)13-6-4-5-7-15(13)18(16)2/h2*4-10,12H,3H2,1-2H3,(H,19,20)/t2*12-/m10/s1. The summed E-state index contributed by atoms with van der Waals surface area (Å²) in [6.07, 6.45) is 1.21. The second-order valence-corrected chi connectivity index (χ2v) is 10.3. The molecule has 0 aliphatic heterocycles. The lowest BCUT2D eigenvalue weighted by Gasteiger charge is -2.10. The molecular formula is C34H34N2O4. The van der Waals surface area contributed by atoms with Crippen molar-refractivity contribution in [2.45, 2.75) is 38.5 Å². The van der Waals surface area contributed by atoms with Crippen molar-refractivity contribution < 1.29 is 19.8 Å². The van der Waals surface area contributed by atoms with E-state index in [0.717, 1.165) is 32.9 Å². The van der Waals surface area contributed by atoms with Crippen molar-refractivity contribution >= 4 is 55.6 Å². The normalized spacial score (nSPS) is 12.9. The molecule has 0 unspecified atom stereocenters. The minimum atomic E-state index is -0.757. The first kappa shape index (κ1) is 27.0. The van der Waals surface area contributed by atoms with Gasteiger partial charge >= 0.3 is 11.9 Å². The van der Waals surface area contributed by atoms with Gasteiger partial charge in [-0.15, -0.1) is 0 Å². The fourth-order valence-corrected chi connectivity index (χ4v) is 5.91. The van der Waals surface area contributed by atoms with E-state index >= 15 is 0 Å². The van der Waals surface area contributed by atoms with Crippen molar-refractivity contribution in [3.63, 3.8) is 0 Å². The second kappa shape index (κ2) is 10.9. The minimum absolute atomic E-state index is 0.432. The Morgan fingerprint density at radius 1 is 0.575 bits per heavy atom. The zero-order chi connectivity index (χ0) is 28.6. The lowest BCUT2D eigenvalue weighted by molar-refractivity contribution is -0.139. The van der Waals surface area contributed by atoms with E-state index in [1.807, 2.05) is 88.6 Å². The molecular weight excluding hydrogens is 500 g/mol. The van der Waals surface area contributed by atoms with Crippen LogP contribution in [0.3, 0.4) is 0 Å². The average Bonchev–Trinajstić information content (AvgIpc) is 3.40. The van der Waals surface area contributed by atoms with Gasteiger partial charge in [-0.2, -0.15) is 0 Å². The zero-order valence-electron chi connectivity index (χ0n) is 23.3. The first-order valence-electron chi connectivity index (χ1n) is 13.7. The van der Waals surface area contributed by atoms with E-state index in [4.69, 9.17) is 0 Å². The molecule has 0 saturated carbocycles. The highest BCUT2D eigenvalue weighted by Crippen LogP contribution is 2.33. The van der Waals surface area contributed by atoms with Gasteiger partial charge in [-0.1, -0.05) is 62.4 Å². The third kappa shape index (κ3) is 4.60. The lowest BCUT2D eigenvalue weighted by atomic mass is 9.95. The Bertz CT molecular complexity index is 1740. The smallest absolute Gasteiger partial charge is 0.310 e. The monoisotopic (exact) mass is 534 g/mol. The molecule has 0 radical (unpaired) electrons. The summed E-state index contributed by atoms with van der Waals surface area (Å²) in [5, 5.41) is 23.2. The van der Waals surface area contributed by atoms with Gasteiger partial charge in [0.15, 0.2) is 0 Å². The Balaban J connectivity index is 0.000000161. The number of aliphatic carboxylic acids is 2. The molecule has 2 aromatic heterocycles. The number of rotatable bonds is 6. The number of nitrogens with zero attached hydrogens (tertiary/aromatic N) is 2. The van der Waals surface area contributed by atoms with Gasteiger partial charge in [0.2, 0.25) is 0 Å². The molecule has 0 fully saturated rings. The molecule has 2 heterocycles. The Morgan fingerprint density at radius 2 is 0.925 bits per heavy atom. The number of fused-ring (bicyclic) bond motifs is 6. The highest BCUT2D eigenvalue weighted by Gasteiger charge is 2.20. The molecule has 0 aliphatic carbocycles. The summed E-state index contributed by atoms with van der Waals surface area (Å²) in [6, 6.07) is 28.4. The van der Waals surface area contributed by atoms with E-state index in [1.165, 1.54) is 21.8 Å². The van der Waals surface area contributed by atoms with Crippen LogP contribution in [0.2, 0.25) is 0 Å². The fourth-order valence-electron chi connectivity index (χ4n) is 5.91. The fraction of sp³-hybridized carbons (Fsp3) is 0.235. The van der Waals surface area contributed by atoms with Crippen LogP contribution in [0, 0.1) is 0 Å². The summed E-state index contributed by atoms with van der Waals surface area (Å²) in [4.78, 5) is 22.7. The van der Waals surface area contributed by atoms with Gasteiger partial charge in [-0.25, -0.2) is 0 Å². The van der Waals surface area contributed by atoms with Gasteiger partial charge in [0.05, 0.1) is 11.8 Å². The van der Waals surface area contributed by atoms with Crippen LogP contribution in [0.5, 0.6) is 0 Å². The summed E-state index contributed by atoms with van der Waals surface area (Å²) < 4.78 is 4.30. The van der Waals surface area contributed by atoms with Crippen LogP contribution in [0.15, 0.2) is 84.9 Å². The average molecular weight is 535 g/mol. The Hall–Kier alpha value is -4.58. The Morgan fingerprint density at radius 3 is 1.27 bits per heavy atom. The van der Waals surface area contributed by atoms with Crippen molar-refractivity contribution in [2.24, 2.45) is 14.1 Å². The molecule has 6 nitrogen and oxygen atoms in total. The van der Waals surface area contributed by atoms with E-state index in [0.29, 0.717) is 12.8 Å². The van der Waals surface area contributed by atoms with Gasteiger partial charge in [-0.05, 0) is 60.4 Å². The number of hydrogen-bond donors (Lipinski definition) is 2. The maximum Gasteiger partial charge on any atom is 0.310 e. The molecule has 204 valence electrons. The number of hydrogen-bond acceptors (Lipinski definition) is 2. The number of carbonyl (C=O) groups is 2. The number of carboxylic acids is 2. The molecule has 6 aromatic rings. The van der Waals surface area contributed by atoms with Gasteiger partial charge in [0.1, 0.15) is 0 Å². The number of benzene rings is 4. The summed E-state index contributed by atoms with van der Waals surface area (Å²) in [7, 11) is 4.08. The maximum atomic E-state index is 11.3. The first-order chi connectivity index (χ1) is 19.3. The molecule has 2 atom stereocenters. The third-order valence-corrected chi connectivity index (χ3v) is 8.09. The van der Waals surface area contributed by atoms with Gasteiger partial charge < -0.3 is 19.3 Å². The second-order valence-electron chi connectivity index (χ2n) is 10.3. The van der Waals surface area contributed by atoms with Crippen molar-refractivity contribution in [3.05, 3.63) is 96.1 Å². The predicted octanol–water partition coefficient (Wildman–Crippen LogP) is 7.82. The van der Waals surface area contributed by atoms with Crippen LogP contribution in [0.4, 0.5) is 0 Å². The number of aryl methyl sites for hydroxylation is 2. The molecule has 0 amide bonds. The van der Waals surface area contributed by atoms with E-state index in [1.54, 1.807) is 0 Å². The number of carboxylic acid groups (broad SMARTS) is 2. The molecule has 0 aliphatic rings. The Kier molecular flexibility index (Phi) is 7.35. The van der Waals surface area contributed by atoms with Crippen LogP contribution < -0.4 is 0 Å².